The van der Waals surface area contributed by atoms with Crippen molar-refractivity contribution in [1.29, 1.82) is 0 Å². The molecule has 2 amide bonds. The van der Waals surface area contributed by atoms with E-state index in [4.69, 9.17) is 4.74 Å². The first-order valence-electron chi connectivity index (χ1n) is 10.7. The van der Waals surface area contributed by atoms with Crippen molar-refractivity contribution in [3.05, 3.63) is 46.5 Å². The third-order valence-electron chi connectivity index (χ3n) is 6.84. The minimum absolute atomic E-state index is 0.0974. The van der Waals surface area contributed by atoms with E-state index in [1.165, 1.54) is 10.5 Å². The number of allylic oxidation sites excluding steroid dienone is 1. The molecule has 1 aromatic rings. The first-order chi connectivity index (χ1) is 14.4. The monoisotopic (exact) mass is 411 g/mol. The lowest BCUT2D eigenvalue weighted by Gasteiger charge is -2.31. The van der Waals surface area contributed by atoms with Gasteiger partial charge in [0.05, 0.1) is 31.2 Å². The SMILES string of the molecule is CC/C(=C\c1cccc(O)c1)CC[C@H]1OC[C@H]2C1=C(CO)C[C@H]1C(=O)N(C)C(=O)[C@H]12. The van der Waals surface area contributed by atoms with Gasteiger partial charge in [-0.15, -0.1) is 0 Å². The van der Waals surface area contributed by atoms with Gasteiger partial charge in [0.15, 0.2) is 0 Å². The smallest absolute Gasteiger partial charge is 0.233 e. The van der Waals surface area contributed by atoms with Crippen molar-refractivity contribution in [2.24, 2.45) is 17.8 Å². The van der Waals surface area contributed by atoms with Gasteiger partial charge < -0.3 is 14.9 Å². The van der Waals surface area contributed by atoms with Gasteiger partial charge in [-0.05, 0) is 54.5 Å². The number of fused-ring (bicyclic) bond motifs is 3. The molecule has 0 radical (unpaired) electrons. The Morgan fingerprint density at radius 2 is 2.07 bits per heavy atom. The van der Waals surface area contributed by atoms with Gasteiger partial charge in [-0.3, -0.25) is 14.5 Å². The van der Waals surface area contributed by atoms with Crippen LogP contribution in [0.1, 0.15) is 38.2 Å². The van der Waals surface area contributed by atoms with Crippen LogP contribution in [-0.4, -0.2) is 53.3 Å². The number of benzene rings is 1. The molecule has 2 N–H and O–H groups in total. The molecule has 0 aromatic heterocycles. The molecule has 160 valence electrons. The standard InChI is InChI=1S/C24H29NO5/c1-3-14(9-15-5-4-6-17(27)10-15)7-8-20-21-16(12-26)11-18-22(19(21)13-30-20)24(29)25(2)23(18)28/h4-6,9-10,18-20,22,26-27H,3,7-8,11-13H2,1-2H3/b14-9+/t18-,19+,20-,22-/m1/s1. The minimum atomic E-state index is -0.363. The maximum absolute atomic E-state index is 12.7. The molecule has 1 aromatic carbocycles. The zero-order valence-corrected chi connectivity index (χ0v) is 17.5. The van der Waals surface area contributed by atoms with Crippen molar-refractivity contribution in [1.82, 2.24) is 4.90 Å². The summed E-state index contributed by atoms with van der Waals surface area (Å²) in [6, 6.07) is 7.18. The number of phenolic OH excluding ortho intramolecular Hbond substituents is 1. The van der Waals surface area contributed by atoms with Gasteiger partial charge >= 0.3 is 0 Å². The van der Waals surface area contributed by atoms with Crippen molar-refractivity contribution in [3.63, 3.8) is 0 Å². The number of nitrogens with zero attached hydrogens (tertiary/aromatic N) is 1. The molecule has 2 aliphatic heterocycles. The van der Waals surface area contributed by atoms with E-state index in [0.717, 1.165) is 36.0 Å². The zero-order valence-electron chi connectivity index (χ0n) is 17.5. The Balaban J connectivity index is 1.53. The molecule has 30 heavy (non-hydrogen) atoms. The van der Waals surface area contributed by atoms with Gasteiger partial charge in [0.25, 0.3) is 0 Å². The predicted octanol–water partition coefficient (Wildman–Crippen LogP) is 2.90. The summed E-state index contributed by atoms with van der Waals surface area (Å²) in [5.74, 6) is -0.842. The topological polar surface area (TPSA) is 87.1 Å². The number of aliphatic hydroxyl groups is 1. The van der Waals surface area contributed by atoms with Crippen LogP contribution in [0, 0.1) is 17.8 Å². The number of aromatic hydroxyl groups is 1. The molecule has 4 atom stereocenters. The van der Waals surface area contributed by atoms with E-state index in [9.17, 15) is 19.8 Å². The van der Waals surface area contributed by atoms with Crippen molar-refractivity contribution in [3.8, 4) is 5.75 Å². The highest BCUT2D eigenvalue weighted by molar-refractivity contribution is 6.05. The Morgan fingerprint density at radius 3 is 2.77 bits per heavy atom. The number of likely N-dealkylation sites (tertiary alicyclic amines) is 1. The van der Waals surface area contributed by atoms with Gasteiger partial charge in [0.1, 0.15) is 5.75 Å². The van der Waals surface area contributed by atoms with E-state index in [0.29, 0.717) is 13.0 Å². The lowest BCUT2D eigenvalue weighted by atomic mass is 9.69. The molecule has 2 fully saturated rings. The van der Waals surface area contributed by atoms with E-state index >= 15 is 0 Å². The Morgan fingerprint density at radius 1 is 1.27 bits per heavy atom. The van der Waals surface area contributed by atoms with Crippen LogP contribution in [0.4, 0.5) is 0 Å². The number of hydrogen-bond acceptors (Lipinski definition) is 5. The summed E-state index contributed by atoms with van der Waals surface area (Å²) >= 11 is 0. The van der Waals surface area contributed by atoms with Gasteiger partial charge in [0, 0.05) is 13.0 Å². The van der Waals surface area contributed by atoms with Crippen molar-refractivity contribution in [2.75, 3.05) is 20.3 Å². The van der Waals surface area contributed by atoms with E-state index in [1.807, 2.05) is 12.1 Å². The largest absolute Gasteiger partial charge is 0.508 e. The summed E-state index contributed by atoms with van der Waals surface area (Å²) < 4.78 is 6.11. The van der Waals surface area contributed by atoms with Crippen LogP contribution >= 0.6 is 0 Å². The molecule has 6 nitrogen and oxygen atoms in total. The minimum Gasteiger partial charge on any atom is -0.508 e. The predicted molar refractivity (Wildman–Crippen MR) is 112 cm³/mol. The summed E-state index contributed by atoms with van der Waals surface area (Å²) in [6.45, 7) is 2.43. The van der Waals surface area contributed by atoms with Crippen LogP contribution in [-0.2, 0) is 14.3 Å². The number of amides is 2. The number of rotatable bonds is 6. The summed E-state index contributed by atoms with van der Waals surface area (Å²) in [4.78, 5) is 26.4. The molecule has 0 saturated carbocycles. The van der Waals surface area contributed by atoms with E-state index < -0.39 is 0 Å². The maximum atomic E-state index is 12.7. The van der Waals surface area contributed by atoms with Crippen LogP contribution < -0.4 is 0 Å². The second-order valence-electron chi connectivity index (χ2n) is 8.51. The lowest BCUT2D eigenvalue weighted by Crippen LogP contribution is -2.34. The van der Waals surface area contributed by atoms with Crippen molar-refractivity contribution >= 4 is 17.9 Å². The summed E-state index contributed by atoms with van der Waals surface area (Å²) in [7, 11) is 1.55. The number of aliphatic hydroxyl groups excluding tert-OH is 1. The molecular weight excluding hydrogens is 382 g/mol. The molecule has 0 unspecified atom stereocenters. The fourth-order valence-corrected chi connectivity index (χ4v) is 5.29. The fourth-order valence-electron chi connectivity index (χ4n) is 5.29. The molecule has 6 heteroatoms. The van der Waals surface area contributed by atoms with E-state index in [2.05, 4.69) is 13.0 Å². The number of carbonyl (C=O) groups is 2. The average Bonchev–Trinajstić information content (AvgIpc) is 3.26. The Labute approximate surface area is 176 Å². The normalized spacial score (nSPS) is 28.9. The molecule has 3 aliphatic rings. The van der Waals surface area contributed by atoms with E-state index in [1.54, 1.807) is 19.2 Å². The molecule has 0 bridgehead atoms. The number of imide groups is 1. The molecule has 1 aliphatic carbocycles. The number of phenols is 1. The molecule has 2 heterocycles. The third-order valence-corrected chi connectivity index (χ3v) is 6.84. The molecule has 2 saturated heterocycles. The average molecular weight is 411 g/mol. The van der Waals surface area contributed by atoms with Gasteiger partial charge in [-0.1, -0.05) is 30.7 Å². The first kappa shape index (κ1) is 20.8. The van der Waals surface area contributed by atoms with Crippen molar-refractivity contribution < 1.29 is 24.5 Å². The zero-order chi connectivity index (χ0) is 21.4. The Bertz CT molecular complexity index is 918. The Kier molecular flexibility index (Phi) is 5.80. The molecular formula is C24H29NO5. The number of ether oxygens (including phenoxy) is 1. The second kappa shape index (κ2) is 8.36. The van der Waals surface area contributed by atoms with Crippen LogP contribution in [0.2, 0.25) is 0 Å². The van der Waals surface area contributed by atoms with Crippen LogP contribution in [0.3, 0.4) is 0 Å². The Hall–Kier alpha value is -2.44. The van der Waals surface area contributed by atoms with E-state index in [-0.39, 0.29) is 48.0 Å². The van der Waals surface area contributed by atoms with Crippen molar-refractivity contribution in [2.45, 2.75) is 38.7 Å². The highest BCUT2D eigenvalue weighted by Crippen LogP contribution is 2.49. The lowest BCUT2D eigenvalue weighted by molar-refractivity contribution is -0.138. The molecule has 4 rings (SSSR count). The second-order valence-corrected chi connectivity index (χ2v) is 8.51. The van der Waals surface area contributed by atoms with Gasteiger partial charge in [-0.2, -0.15) is 0 Å². The van der Waals surface area contributed by atoms with Crippen LogP contribution in [0.15, 0.2) is 41.0 Å². The number of carbonyl (C=O) groups excluding carboxylic acids is 2. The quantitative estimate of drug-likeness (QED) is 0.555. The molecule has 0 spiro atoms. The maximum Gasteiger partial charge on any atom is 0.233 e. The summed E-state index contributed by atoms with van der Waals surface area (Å²) in [5.41, 5.74) is 4.13. The van der Waals surface area contributed by atoms with Crippen LogP contribution in [0.25, 0.3) is 6.08 Å². The highest BCUT2D eigenvalue weighted by Gasteiger charge is 2.55. The van der Waals surface area contributed by atoms with Crippen LogP contribution in [0.5, 0.6) is 5.75 Å². The summed E-state index contributed by atoms with van der Waals surface area (Å²) in [5, 5.41) is 19.7. The third kappa shape index (κ3) is 3.59. The first-order valence-corrected chi connectivity index (χ1v) is 10.7. The van der Waals surface area contributed by atoms with Gasteiger partial charge in [-0.25, -0.2) is 0 Å². The fraction of sp³-hybridized carbons (Fsp3) is 0.500. The highest BCUT2D eigenvalue weighted by atomic mass is 16.5. The van der Waals surface area contributed by atoms with Gasteiger partial charge in [0.2, 0.25) is 11.8 Å². The number of hydrogen-bond donors (Lipinski definition) is 2. The summed E-state index contributed by atoms with van der Waals surface area (Å²) in [6.07, 6.45) is 4.89.